The van der Waals surface area contributed by atoms with Crippen molar-refractivity contribution in [3.63, 3.8) is 0 Å². The minimum atomic E-state index is 0.387. The Morgan fingerprint density at radius 3 is 2.84 bits per heavy atom. The van der Waals surface area contributed by atoms with Crippen molar-refractivity contribution >= 4 is 0 Å². The fourth-order valence-electron chi connectivity index (χ4n) is 2.65. The highest BCUT2D eigenvalue weighted by Crippen LogP contribution is 2.28. The SMILES string of the molecule is Cc1nnc(CC2CC(N)C2)n1Cc1ccccn1. The molecular weight excluding hydrogens is 238 g/mol. The second kappa shape index (κ2) is 5.09. The molecule has 2 N–H and O–H groups in total. The maximum Gasteiger partial charge on any atom is 0.133 e. The largest absolute Gasteiger partial charge is 0.328 e. The standard InChI is InChI=1S/C14H19N5/c1-10-17-18-14(8-11-6-12(15)7-11)19(10)9-13-4-2-3-5-16-13/h2-5,11-12H,6-9,15H2,1H3. The number of rotatable bonds is 4. The minimum absolute atomic E-state index is 0.387. The molecule has 0 radical (unpaired) electrons. The van der Waals surface area contributed by atoms with Crippen LogP contribution in [0.2, 0.25) is 0 Å². The van der Waals surface area contributed by atoms with E-state index in [1.807, 2.05) is 31.3 Å². The molecule has 0 aromatic carbocycles. The monoisotopic (exact) mass is 257 g/mol. The zero-order chi connectivity index (χ0) is 13.2. The molecule has 1 fully saturated rings. The van der Waals surface area contributed by atoms with E-state index in [1.54, 1.807) is 0 Å². The number of hydrogen-bond acceptors (Lipinski definition) is 4. The van der Waals surface area contributed by atoms with Gasteiger partial charge in [0.2, 0.25) is 0 Å². The van der Waals surface area contributed by atoms with Gasteiger partial charge in [0, 0.05) is 18.7 Å². The lowest BCUT2D eigenvalue weighted by Crippen LogP contribution is -2.37. The van der Waals surface area contributed by atoms with Crippen LogP contribution in [0.3, 0.4) is 0 Å². The van der Waals surface area contributed by atoms with E-state index < -0.39 is 0 Å². The third-order valence-corrected chi connectivity index (χ3v) is 3.80. The first-order chi connectivity index (χ1) is 9.22. The molecule has 1 saturated carbocycles. The summed E-state index contributed by atoms with van der Waals surface area (Å²) in [5.74, 6) is 2.67. The van der Waals surface area contributed by atoms with Gasteiger partial charge in [0.1, 0.15) is 11.6 Å². The Balaban J connectivity index is 1.75. The number of pyridine rings is 1. The highest BCUT2D eigenvalue weighted by Gasteiger charge is 2.27. The highest BCUT2D eigenvalue weighted by molar-refractivity contribution is 5.07. The van der Waals surface area contributed by atoms with E-state index in [0.29, 0.717) is 12.0 Å². The Labute approximate surface area is 112 Å². The van der Waals surface area contributed by atoms with Gasteiger partial charge in [-0.3, -0.25) is 4.98 Å². The van der Waals surface area contributed by atoms with Gasteiger partial charge < -0.3 is 10.3 Å². The van der Waals surface area contributed by atoms with Gasteiger partial charge >= 0.3 is 0 Å². The summed E-state index contributed by atoms with van der Waals surface area (Å²) in [5, 5.41) is 8.50. The molecule has 2 heterocycles. The maximum atomic E-state index is 5.84. The van der Waals surface area contributed by atoms with Crippen LogP contribution in [0.1, 0.15) is 30.2 Å². The zero-order valence-electron chi connectivity index (χ0n) is 11.2. The molecule has 100 valence electrons. The summed E-state index contributed by atoms with van der Waals surface area (Å²) in [6, 6.07) is 6.35. The predicted octanol–water partition coefficient (Wildman–Crippen LogP) is 1.31. The van der Waals surface area contributed by atoms with E-state index >= 15 is 0 Å². The van der Waals surface area contributed by atoms with Crippen molar-refractivity contribution in [1.82, 2.24) is 19.7 Å². The van der Waals surface area contributed by atoms with Gasteiger partial charge in [-0.2, -0.15) is 0 Å². The molecule has 19 heavy (non-hydrogen) atoms. The fraction of sp³-hybridized carbons (Fsp3) is 0.500. The van der Waals surface area contributed by atoms with Crippen LogP contribution in [0.5, 0.6) is 0 Å². The molecule has 3 rings (SSSR count). The third kappa shape index (κ3) is 2.66. The molecule has 0 spiro atoms. The van der Waals surface area contributed by atoms with Crippen LogP contribution in [-0.4, -0.2) is 25.8 Å². The summed E-state index contributed by atoms with van der Waals surface area (Å²) in [6.07, 6.45) is 5.01. The Morgan fingerprint density at radius 1 is 1.32 bits per heavy atom. The lowest BCUT2D eigenvalue weighted by atomic mass is 9.78. The first-order valence-corrected chi connectivity index (χ1v) is 6.76. The topological polar surface area (TPSA) is 69.6 Å². The van der Waals surface area contributed by atoms with Gasteiger partial charge in [0.15, 0.2) is 0 Å². The van der Waals surface area contributed by atoms with Crippen LogP contribution >= 0.6 is 0 Å². The average molecular weight is 257 g/mol. The van der Waals surface area contributed by atoms with Crippen molar-refractivity contribution in [2.24, 2.45) is 11.7 Å². The number of nitrogens with two attached hydrogens (primary N) is 1. The summed E-state index contributed by atoms with van der Waals surface area (Å²) in [7, 11) is 0. The summed E-state index contributed by atoms with van der Waals surface area (Å²) in [5.41, 5.74) is 6.88. The average Bonchev–Trinajstić information content (AvgIpc) is 2.71. The smallest absolute Gasteiger partial charge is 0.133 e. The number of hydrogen-bond donors (Lipinski definition) is 1. The fourth-order valence-corrected chi connectivity index (χ4v) is 2.65. The lowest BCUT2D eigenvalue weighted by molar-refractivity contribution is 0.258. The van der Waals surface area contributed by atoms with E-state index in [4.69, 9.17) is 5.73 Å². The van der Waals surface area contributed by atoms with Gasteiger partial charge in [-0.1, -0.05) is 6.07 Å². The predicted molar refractivity (Wildman–Crippen MR) is 72.5 cm³/mol. The molecule has 1 aliphatic rings. The molecule has 2 aromatic heterocycles. The summed E-state index contributed by atoms with van der Waals surface area (Å²) in [4.78, 5) is 4.36. The Morgan fingerprint density at radius 2 is 2.16 bits per heavy atom. The van der Waals surface area contributed by atoms with Gasteiger partial charge in [-0.05, 0) is 37.8 Å². The maximum absolute atomic E-state index is 5.84. The first kappa shape index (κ1) is 12.3. The van der Waals surface area contributed by atoms with Gasteiger partial charge in [0.05, 0.1) is 12.2 Å². The quantitative estimate of drug-likeness (QED) is 0.896. The van der Waals surface area contributed by atoms with Gasteiger partial charge in [0.25, 0.3) is 0 Å². The van der Waals surface area contributed by atoms with Crippen molar-refractivity contribution in [2.75, 3.05) is 0 Å². The van der Waals surface area contributed by atoms with Crippen LogP contribution < -0.4 is 5.73 Å². The van der Waals surface area contributed by atoms with Crippen molar-refractivity contribution in [3.05, 3.63) is 41.7 Å². The third-order valence-electron chi connectivity index (χ3n) is 3.80. The molecule has 0 unspecified atom stereocenters. The number of aryl methyl sites for hydroxylation is 1. The van der Waals surface area contributed by atoms with Crippen molar-refractivity contribution in [3.8, 4) is 0 Å². The van der Waals surface area contributed by atoms with Crippen LogP contribution in [0.15, 0.2) is 24.4 Å². The molecule has 5 nitrogen and oxygen atoms in total. The van der Waals surface area contributed by atoms with Crippen LogP contribution in [0.25, 0.3) is 0 Å². The molecule has 2 aromatic rings. The van der Waals surface area contributed by atoms with Crippen molar-refractivity contribution in [2.45, 2.75) is 38.8 Å². The molecule has 0 aliphatic heterocycles. The Kier molecular flexibility index (Phi) is 3.29. The van der Waals surface area contributed by atoms with Crippen molar-refractivity contribution in [1.29, 1.82) is 0 Å². The molecule has 5 heteroatoms. The lowest BCUT2D eigenvalue weighted by Gasteiger charge is -2.32. The first-order valence-electron chi connectivity index (χ1n) is 6.76. The second-order valence-corrected chi connectivity index (χ2v) is 5.37. The molecular formula is C14H19N5. The molecule has 0 saturated heterocycles. The zero-order valence-corrected chi connectivity index (χ0v) is 11.2. The molecule has 0 amide bonds. The summed E-state index contributed by atoms with van der Waals surface area (Å²) >= 11 is 0. The molecule has 1 aliphatic carbocycles. The Bertz CT molecular complexity index is 542. The van der Waals surface area contributed by atoms with E-state index in [1.165, 1.54) is 0 Å². The van der Waals surface area contributed by atoms with Gasteiger partial charge in [-0.25, -0.2) is 0 Å². The summed E-state index contributed by atoms with van der Waals surface area (Å²) in [6.45, 7) is 2.74. The molecule has 0 atom stereocenters. The van der Waals surface area contributed by atoms with E-state index in [-0.39, 0.29) is 0 Å². The summed E-state index contributed by atoms with van der Waals surface area (Å²) < 4.78 is 2.16. The van der Waals surface area contributed by atoms with Crippen LogP contribution in [0, 0.1) is 12.8 Å². The second-order valence-electron chi connectivity index (χ2n) is 5.37. The van der Waals surface area contributed by atoms with Crippen LogP contribution in [-0.2, 0) is 13.0 Å². The van der Waals surface area contributed by atoms with Crippen molar-refractivity contribution < 1.29 is 0 Å². The van der Waals surface area contributed by atoms with Gasteiger partial charge in [-0.15, -0.1) is 10.2 Å². The molecule has 0 bridgehead atoms. The van der Waals surface area contributed by atoms with Crippen LogP contribution in [0.4, 0.5) is 0 Å². The highest BCUT2D eigenvalue weighted by atomic mass is 15.3. The van der Waals surface area contributed by atoms with E-state index in [2.05, 4.69) is 19.7 Å². The normalized spacial score (nSPS) is 22.2. The minimum Gasteiger partial charge on any atom is -0.328 e. The van der Waals surface area contributed by atoms with E-state index in [0.717, 1.165) is 43.1 Å². The number of nitrogens with zero attached hydrogens (tertiary/aromatic N) is 4. The Hall–Kier alpha value is -1.75. The number of aromatic nitrogens is 4. The van der Waals surface area contributed by atoms with E-state index in [9.17, 15) is 0 Å².